The van der Waals surface area contributed by atoms with E-state index in [2.05, 4.69) is 27.1 Å². The maximum atomic E-state index is 13.4. The van der Waals surface area contributed by atoms with E-state index in [4.69, 9.17) is 0 Å². The summed E-state index contributed by atoms with van der Waals surface area (Å²) in [5, 5.41) is 8.50. The zero-order valence-electron chi connectivity index (χ0n) is 16.4. The van der Waals surface area contributed by atoms with E-state index in [1.165, 1.54) is 16.5 Å². The molecule has 5 nitrogen and oxygen atoms in total. The van der Waals surface area contributed by atoms with Crippen molar-refractivity contribution in [3.8, 4) is 0 Å². The van der Waals surface area contributed by atoms with Crippen molar-refractivity contribution >= 4 is 23.2 Å². The summed E-state index contributed by atoms with van der Waals surface area (Å²) in [6.07, 6.45) is 1.38. The molecule has 0 saturated heterocycles. The van der Waals surface area contributed by atoms with Gasteiger partial charge in [0.25, 0.3) is 0 Å². The number of thiophene rings is 1. The first-order chi connectivity index (χ1) is 13.6. The maximum Gasteiger partial charge on any atom is 0.224 e. The van der Waals surface area contributed by atoms with Gasteiger partial charge >= 0.3 is 0 Å². The van der Waals surface area contributed by atoms with Crippen LogP contribution in [0.15, 0.2) is 34.6 Å². The lowest BCUT2D eigenvalue weighted by Gasteiger charge is -2.27. The molecule has 1 aromatic carbocycles. The Morgan fingerprint density at radius 2 is 2.18 bits per heavy atom. The first-order valence-electron chi connectivity index (χ1n) is 9.67. The van der Waals surface area contributed by atoms with Crippen LogP contribution in [0.1, 0.15) is 34.9 Å². The number of aliphatic imine (C=N–C) groups is 1. The number of fused-ring (bicyclic) bond motifs is 1. The van der Waals surface area contributed by atoms with Gasteiger partial charge in [-0.1, -0.05) is 12.1 Å². The van der Waals surface area contributed by atoms with Gasteiger partial charge in [-0.05, 0) is 54.5 Å². The Balaban J connectivity index is 1.49. The Labute approximate surface area is 169 Å². The third kappa shape index (κ3) is 5.32. The highest BCUT2D eigenvalue weighted by Crippen LogP contribution is 2.24. The molecule has 1 aromatic heterocycles. The molecule has 0 bridgehead atoms. The summed E-state index contributed by atoms with van der Waals surface area (Å²) in [5.74, 6) is 0.619. The quantitative estimate of drug-likeness (QED) is 0.576. The van der Waals surface area contributed by atoms with Gasteiger partial charge in [-0.25, -0.2) is 9.38 Å². The lowest BCUT2D eigenvalue weighted by atomic mass is 10.1. The number of hydrogen-bond acceptors (Lipinski definition) is 3. The fraction of sp³-hybridized carbons (Fsp3) is 0.429. The molecule has 0 saturated carbocycles. The van der Waals surface area contributed by atoms with Gasteiger partial charge < -0.3 is 15.5 Å². The fourth-order valence-electron chi connectivity index (χ4n) is 3.22. The maximum absolute atomic E-state index is 13.4. The highest BCUT2D eigenvalue weighted by atomic mass is 32.1. The molecule has 0 spiro atoms. The Kier molecular flexibility index (Phi) is 7.03. The topological polar surface area (TPSA) is 56.7 Å². The number of amides is 1. The minimum absolute atomic E-state index is 0.161. The molecule has 0 atom stereocenters. The number of rotatable bonds is 6. The fourth-order valence-corrected chi connectivity index (χ4v) is 4.11. The highest BCUT2D eigenvalue weighted by molar-refractivity contribution is 7.10. The van der Waals surface area contributed by atoms with E-state index in [9.17, 15) is 9.18 Å². The molecule has 7 heteroatoms. The van der Waals surface area contributed by atoms with Crippen molar-refractivity contribution in [2.45, 2.75) is 39.8 Å². The van der Waals surface area contributed by atoms with E-state index in [-0.39, 0.29) is 11.7 Å². The van der Waals surface area contributed by atoms with Crippen LogP contribution >= 0.6 is 11.3 Å². The number of nitrogens with zero attached hydrogens (tertiary/aromatic N) is 2. The minimum Gasteiger partial charge on any atom is -0.357 e. The summed E-state index contributed by atoms with van der Waals surface area (Å²) < 4.78 is 13.4. The second-order valence-electron chi connectivity index (χ2n) is 6.89. The summed E-state index contributed by atoms with van der Waals surface area (Å²) in [7, 11) is 0. The van der Waals surface area contributed by atoms with Crippen LogP contribution in [0.25, 0.3) is 0 Å². The van der Waals surface area contributed by atoms with Crippen molar-refractivity contribution in [2.75, 3.05) is 19.6 Å². The van der Waals surface area contributed by atoms with Crippen LogP contribution in [-0.2, 0) is 24.3 Å². The molecule has 150 valence electrons. The van der Waals surface area contributed by atoms with Gasteiger partial charge in [-0.2, -0.15) is 0 Å². The van der Waals surface area contributed by atoms with Crippen molar-refractivity contribution < 1.29 is 9.18 Å². The predicted octanol–water partition coefficient (Wildman–Crippen LogP) is 3.23. The molecule has 2 N–H and O–H groups in total. The molecule has 1 amide bonds. The van der Waals surface area contributed by atoms with Crippen molar-refractivity contribution in [3.63, 3.8) is 0 Å². The number of carbonyl (C=O) groups is 1. The standard InChI is InChI=1S/C21H27FN4OS/c1-3-23-21(25-13-16-4-5-18(22)15(2)12-16)24-9-6-20(27)26-10-7-19-17(14-26)8-11-28-19/h4-5,8,11-12H,3,6-7,9-10,13-14H2,1-2H3,(H2,23,24,25). The minimum atomic E-state index is -0.205. The largest absolute Gasteiger partial charge is 0.357 e. The van der Waals surface area contributed by atoms with Crippen LogP contribution in [0, 0.1) is 12.7 Å². The number of halogens is 1. The van der Waals surface area contributed by atoms with Gasteiger partial charge in [0.05, 0.1) is 6.54 Å². The molecule has 0 radical (unpaired) electrons. The Bertz CT molecular complexity index is 849. The summed E-state index contributed by atoms with van der Waals surface area (Å²) in [6, 6.07) is 7.14. The van der Waals surface area contributed by atoms with Crippen LogP contribution in [0.4, 0.5) is 4.39 Å². The van der Waals surface area contributed by atoms with E-state index >= 15 is 0 Å². The number of nitrogens with one attached hydrogen (secondary N) is 2. The molecule has 0 fully saturated rings. The van der Waals surface area contributed by atoms with Crippen LogP contribution in [-0.4, -0.2) is 36.4 Å². The number of guanidine groups is 1. The van der Waals surface area contributed by atoms with Crippen molar-refractivity contribution in [3.05, 3.63) is 57.0 Å². The lowest BCUT2D eigenvalue weighted by molar-refractivity contribution is -0.131. The number of hydrogen-bond donors (Lipinski definition) is 2. The molecule has 0 unspecified atom stereocenters. The molecule has 2 aromatic rings. The van der Waals surface area contributed by atoms with Gasteiger partial charge in [0.15, 0.2) is 5.96 Å². The molecule has 2 heterocycles. The highest BCUT2D eigenvalue weighted by Gasteiger charge is 2.20. The normalized spacial score (nSPS) is 14.0. The van der Waals surface area contributed by atoms with Crippen LogP contribution in [0.3, 0.4) is 0 Å². The van der Waals surface area contributed by atoms with Gasteiger partial charge in [0, 0.05) is 37.5 Å². The molecule has 0 aliphatic carbocycles. The molecular formula is C21H27FN4OS. The van der Waals surface area contributed by atoms with Crippen molar-refractivity contribution in [1.29, 1.82) is 0 Å². The van der Waals surface area contributed by atoms with E-state index in [1.54, 1.807) is 30.4 Å². The summed E-state index contributed by atoms with van der Waals surface area (Å²) in [5.41, 5.74) is 2.85. The van der Waals surface area contributed by atoms with Crippen molar-refractivity contribution in [2.24, 2.45) is 4.99 Å². The van der Waals surface area contributed by atoms with Gasteiger partial charge in [0.2, 0.25) is 5.91 Å². The molecule has 1 aliphatic rings. The number of benzene rings is 1. The lowest BCUT2D eigenvalue weighted by Crippen LogP contribution is -2.41. The average molecular weight is 403 g/mol. The Morgan fingerprint density at radius 1 is 1.32 bits per heavy atom. The van der Waals surface area contributed by atoms with Gasteiger partial charge in [-0.3, -0.25) is 4.79 Å². The molecular weight excluding hydrogens is 375 g/mol. The van der Waals surface area contributed by atoms with E-state index in [1.807, 2.05) is 11.8 Å². The number of carbonyl (C=O) groups excluding carboxylic acids is 1. The van der Waals surface area contributed by atoms with Crippen LogP contribution in [0.5, 0.6) is 0 Å². The second-order valence-corrected chi connectivity index (χ2v) is 7.89. The third-order valence-corrected chi connectivity index (χ3v) is 5.80. The summed E-state index contributed by atoms with van der Waals surface area (Å²) >= 11 is 1.78. The number of aryl methyl sites for hydroxylation is 1. The Hall–Kier alpha value is -2.41. The third-order valence-electron chi connectivity index (χ3n) is 4.78. The van der Waals surface area contributed by atoms with Crippen LogP contribution in [0.2, 0.25) is 0 Å². The summed E-state index contributed by atoms with van der Waals surface area (Å²) in [4.78, 5) is 20.4. The zero-order chi connectivity index (χ0) is 19.9. The summed E-state index contributed by atoms with van der Waals surface area (Å²) in [6.45, 7) is 6.97. The van der Waals surface area contributed by atoms with Gasteiger partial charge in [0.1, 0.15) is 5.82 Å². The van der Waals surface area contributed by atoms with Crippen LogP contribution < -0.4 is 10.6 Å². The van der Waals surface area contributed by atoms with E-state index in [0.717, 1.165) is 31.6 Å². The van der Waals surface area contributed by atoms with E-state index in [0.29, 0.717) is 31.0 Å². The first kappa shape index (κ1) is 20.3. The van der Waals surface area contributed by atoms with Crippen molar-refractivity contribution in [1.82, 2.24) is 15.5 Å². The average Bonchev–Trinajstić information content (AvgIpc) is 3.16. The predicted molar refractivity (Wildman–Crippen MR) is 112 cm³/mol. The first-order valence-corrected chi connectivity index (χ1v) is 10.5. The Morgan fingerprint density at radius 3 is 2.96 bits per heavy atom. The monoisotopic (exact) mass is 402 g/mol. The van der Waals surface area contributed by atoms with Gasteiger partial charge in [-0.15, -0.1) is 11.3 Å². The molecule has 28 heavy (non-hydrogen) atoms. The smallest absolute Gasteiger partial charge is 0.224 e. The second kappa shape index (κ2) is 9.68. The SMILES string of the molecule is CCNC(=NCc1ccc(F)c(C)c1)NCCC(=O)N1CCc2sccc2C1. The molecule has 1 aliphatic heterocycles. The zero-order valence-corrected chi connectivity index (χ0v) is 17.2. The van der Waals surface area contributed by atoms with E-state index < -0.39 is 0 Å². The molecule has 3 rings (SSSR count).